The van der Waals surface area contributed by atoms with Crippen molar-refractivity contribution in [2.45, 2.75) is 46.6 Å². The van der Waals surface area contributed by atoms with Crippen molar-refractivity contribution in [3.8, 4) is 5.75 Å². The van der Waals surface area contributed by atoms with Gasteiger partial charge in [0.1, 0.15) is 17.4 Å². The second-order valence-corrected chi connectivity index (χ2v) is 14.3. The van der Waals surface area contributed by atoms with E-state index in [-0.39, 0.29) is 11.3 Å². The number of ether oxygens (including phenoxy) is 1. The molecule has 5 aromatic rings. The van der Waals surface area contributed by atoms with E-state index in [1.807, 2.05) is 60.8 Å². The molecular formula is C37H34Cl2N2O2S. The molecule has 0 saturated carbocycles. The summed E-state index contributed by atoms with van der Waals surface area (Å²) < 4.78 is 6.34. The van der Waals surface area contributed by atoms with Gasteiger partial charge in [0, 0.05) is 32.4 Å². The number of hydrogen-bond donors (Lipinski definition) is 1. The van der Waals surface area contributed by atoms with E-state index < -0.39 is 0 Å². The minimum atomic E-state index is -0.150. The fourth-order valence-corrected chi connectivity index (χ4v) is 7.28. The molecular weight excluding hydrogens is 607 g/mol. The van der Waals surface area contributed by atoms with Gasteiger partial charge in [-0.3, -0.25) is 4.79 Å². The molecule has 0 fully saturated rings. The number of amides is 1. The zero-order valence-corrected chi connectivity index (χ0v) is 27.3. The van der Waals surface area contributed by atoms with Crippen LogP contribution in [0.3, 0.4) is 0 Å². The molecule has 7 heteroatoms. The minimum absolute atomic E-state index is 0.150. The molecule has 1 aliphatic rings. The highest BCUT2D eigenvalue weighted by atomic mass is 35.5. The summed E-state index contributed by atoms with van der Waals surface area (Å²) in [5.41, 5.74) is 4.56. The molecule has 1 aliphatic carbocycles. The van der Waals surface area contributed by atoms with Gasteiger partial charge in [-0.1, -0.05) is 86.4 Å². The predicted molar refractivity (Wildman–Crippen MR) is 186 cm³/mol. The molecule has 0 spiro atoms. The topological polar surface area (TPSA) is 50.7 Å². The lowest BCUT2D eigenvalue weighted by Crippen LogP contribution is -2.27. The molecule has 6 rings (SSSR count). The molecule has 0 aliphatic heterocycles. The highest BCUT2D eigenvalue weighted by Crippen LogP contribution is 2.45. The second kappa shape index (κ2) is 12.8. The zero-order chi connectivity index (χ0) is 30.8. The number of benzene rings is 4. The maximum atomic E-state index is 13.9. The van der Waals surface area contributed by atoms with Crippen molar-refractivity contribution in [3.05, 3.63) is 122 Å². The van der Waals surface area contributed by atoms with Crippen LogP contribution in [0.2, 0.25) is 10.0 Å². The van der Waals surface area contributed by atoms with Crippen molar-refractivity contribution in [2.75, 3.05) is 5.32 Å². The first-order valence-electron chi connectivity index (χ1n) is 14.8. The molecule has 224 valence electrons. The van der Waals surface area contributed by atoms with Crippen molar-refractivity contribution in [2.24, 2.45) is 16.3 Å². The molecule has 0 saturated heterocycles. The van der Waals surface area contributed by atoms with Gasteiger partial charge in [-0.05, 0) is 95.0 Å². The Balaban J connectivity index is 1.39. The van der Waals surface area contributed by atoms with E-state index in [1.165, 1.54) is 4.88 Å². The van der Waals surface area contributed by atoms with Crippen LogP contribution in [0.15, 0.2) is 89.9 Å². The van der Waals surface area contributed by atoms with Crippen LogP contribution >= 0.6 is 34.5 Å². The van der Waals surface area contributed by atoms with Crippen molar-refractivity contribution < 1.29 is 9.53 Å². The summed E-state index contributed by atoms with van der Waals surface area (Å²) in [6, 6.07) is 27.1. The average molecular weight is 642 g/mol. The maximum absolute atomic E-state index is 13.9. The Morgan fingerprint density at radius 3 is 2.41 bits per heavy atom. The first kappa shape index (κ1) is 30.4. The minimum Gasteiger partial charge on any atom is -0.488 e. The van der Waals surface area contributed by atoms with Gasteiger partial charge in [-0.25, -0.2) is 4.99 Å². The summed E-state index contributed by atoms with van der Waals surface area (Å²) in [7, 11) is 0. The quantitative estimate of drug-likeness (QED) is 0.180. The summed E-state index contributed by atoms with van der Waals surface area (Å²) in [4.78, 5) is 20.1. The smallest absolute Gasteiger partial charge is 0.259 e. The molecule has 1 heterocycles. The summed E-state index contributed by atoms with van der Waals surface area (Å²) in [6.45, 7) is 7.30. The summed E-state index contributed by atoms with van der Waals surface area (Å²) in [5, 5.41) is 7.24. The third kappa shape index (κ3) is 6.71. The first-order valence-corrected chi connectivity index (χ1v) is 16.4. The predicted octanol–water partition coefficient (Wildman–Crippen LogP) is 10.9. The van der Waals surface area contributed by atoms with Crippen LogP contribution < -0.4 is 10.1 Å². The molecule has 1 amide bonds. The Bertz CT molecular complexity index is 1840. The van der Waals surface area contributed by atoms with E-state index in [0.29, 0.717) is 38.8 Å². The number of carbonyl (C=O) groups excluding carboxylic acids is 1. The Hall–Kier alpha value is -3.64. The third-order valence-corrected chi connectivity index (χ3v) is 10.0. The Morgan fingerprint density at radius 2 is 1.68 bits per heavy atom. The number of carbonyl (C=O) groups is 1. The molecule has 4 aromatic carbocycles. The Morgan fingerprint density at radius 1 is 0.977 bits per heavy atom. The van der Waals surface area contributed by atoms with Crippen LogP contribution in [0.1, 0.15) is 59.1 Å². The molecule has 0 bridgehead atoms. The number of fused-ring (bicyclic) bond motifs is 2. The fourth-order valence-electron chi connectivity index (χ4n) is 5.76. The SMILES string of the molecule is CC(C)(C)[C@H]1CCc2c(sc(N=Cc3c(OCc4ccc(Cl)cc4)ccc4ccccc34)c2C(=O)Nc2ccc(Cl)cc2)C1. The maximum Gasteiger partial charge on any atom is 0.259 e. The van der Waals surface area contributed by atoms with Gasteiger partial charge in [0.25, 0.3) is 5.91 Å². The Kier molecular flexibility index (Phi) is 8.82. The van der Waals surface area contributed by atoms with Gasteiger partial charge >= 0.3 is 0 Å². The van der Waals surface area contributed by atoms with E-state index in [0.717, 1.165) is 52.5 Å². The monoisotopic (exact) mass is 640 g/mol. The highest BCUT2D eigenvalue weighted by Gasteiger charge is 2.33. The van der Waals surface area contributed by atoms with Crippen molar-refractivity contribution >= 4 is 68.1 Å². The number of aliphatic imine (C=N–C) groups is 1. The summed E-state index contributed by atoms with van der Waals surface area (Å²) in [5.74, 6) is 1.12. The third-order valence-electron chi connectivity index (χ3n) is 8.35. The highest BCUT2D eigenvalue weighted by molar-refractivity contribution is 7.16. The summed E-state index contributed by atoms with van der Waals surface area (Å²) in [6.07, 6.45) is 4.71. The van der Waals surface area contributed by atoms with Gasteiger partial charge in [0.15, 0.2) is 0 Å². The average Bonchev–Trinajstić information content (AvgIpc) is 3.38. The number of hydrogen-bond acceptors (Lipinski definition) is 4. The molecule has 0 unspecified atom stereocenters. The van der Waals surface area contributed by atoms with Gasteiger partial charge in [-0.2, -0.15) is 0 Å². The number of anilines is 1. The fraction of sp³-hybridized carbons (Fsp3) is 0.243. The normalized spacial score (nSPS) is 15.0. The number of nitrogens with one attached hydrogen (secondary N) is 1. The number of thiophene rings is 1. The van der Waals surface area contributed by atoms with Gasteiger partial charge in [0.05, 0.1) is 5.56 Å². The van der Waals surface area contributed by atoms with Crippen LogP contribution in [0.25, 0.3) is 10.8 Å². The van der Waals surface area contributed by atoms with E-state index >= 15 is 0 Å². The van der Waals surface area contributed by atoms with Crippen molar-refractivity contribution in [1.29, 1.82) is 0 Å². The number of halogens is 2. The Labute approximate surface area is 272 Å². The standard InChI is InChI=1S/C37H34Cl2N2O2S/c1-37(2,3)25-11-18-30-33(20-25)44-36(34(30)35(42)41-28-16-14-27(39)15-17-28)40-21-31-29-7-5-4-6-24(29)10-19-32(31)43-22-23-8-12-26(38)13-9-23/h4-10,12-17,19,21,25H,11,18,20,22H2,1-3H3,(H,41,42)/t25-/m0/s1. The van der Waals surface area contributed by atoms with Gasteiger partial charge in [-0.15, -0.1) is 11.3 Å². The van der Waals surface area contributed by atoms with Crippen molar-refractivity contribution in [1.82, 2.24) is 0 Å². The molecule has 0 radical (unpaired) electrons. The molecule has 4 nitrogen and oxygen atoms in total. The van der Waals surface area contributed by atoms with Crippen LogP contribution in [-0.4, -0.2) is 12.1 Å². The summed E-state index contributed by atoms with van der Waals surface area (Å²) >= 11 is 13.8. The van der Waals surface area contributed by atoms with Gasteiger partial charge in [0.2, 0.25) is 0 Å². The zero-order valence-electron chi connectivity index (χ0n) is 25.0. The van der Waals surface area contributed by atoms with Crippen LogP contribution in [-0.2, 0) is 19.4 Å². The molecule has 1 atom stereocenters. The second-order valence-electron chi connectivity index (χ2n) is 12.3. The van der Waals surface area contributed by atoms with Crippen LogP contribution in [0.4, 0.5) is 10.7 Å². The lowest BCUT2D eigenvalue weighted by Gasteiger charge is -2.33. The van der Waals surface area contributed by atoms with Crippen molar-refractivity contribution in [3.63, 3.8) is 0 Å². The lowest BCUT2D eigenvalue weighted by molar-refractivity contribution is 0.102. The van der Waals surface area contributed by atoms with E-state index in [1.54, 1.807) is 23.5 Å². The molecule has 1 N–H and O–H groups in total. The van der Waals surface area contributed by atoms with E-state index in [9.17, 15) is 4.79 Å². The lowest BCUT2D eigenvalue weighted by atomic mass is 9.72. The first-order chi connectivity index (χ1) is 21.2. The van der Waals surface area contributed by atoms with Gasteiger partial charge < -0.3 is 10.1 Å². The van der Waals surface area contributed by atoms with Crippen LogP contribution in [0.5, 0.6) is 5.75 Å². The van der Waals surface area contributed by atoms with E-state index in [2.05, 4.69) is 44.3 Å². The molecule has 44 heavy (non-hydrogen) atoms. The number of nitrogens with zero attached hydrogens (tertiary/aromatic N) is 1. The van der Waals surface area contributed by atoms with E-state index in [4.69, 9.17) is 32.9 Å². The van der Waals surface area contributed by atoms with Crippen LogP contribution in [0, 0.1) is 11.3 Å². The largest absolute Gasteiger partial charge is 0.488 e. The number of rotatable bonds is 7. The molecule has 1 aromatic heterocycles.